The maximum absolute atomic E-state index is 14.0. The van der Waals surface area contributed by atoms with Crippen molar-refractivity contribution in [3.63, 3.8) is 0 Å². The monoisotopic (exact) mass is 1480 g/mol. The number of anilines is 3. The first-order chi connectivity index (χ1) is 46.8. The Morgan fingerprint density at radius 3 is 1.54 bits per heavy atom. The molecule has 99 heavy (non-hydrogen) atoms. The van der Waals surface area contributed by atoms with Gasteiger partial charge in [0, 0.05) is 66.4 Å². The summed E-state index contributed by atoms with van der Waals surface area (Å²) in [5.41, 5.74) is 13.6. The van der Waals surface area contributed by atoms with E-state index in [-0.39, 0.29) is 65.7 Å². The fourth-order valence-corrected chi connectivity index (χ4v) is 14.4. The molecule has 12 rings (SSSR count). The number of aliphatic hydroxyl groups is 3. The lowest BCUT2D eigenvalue weighted by molar-refractivity contribution is -0.0630. The highest BCUT2D eigenvalue weighted by Crippen LogP contribution is 2.54. The molecule has 16 N–H and O–H groups in total. The van der Waals surface area contributed by atoms with Gasteiger partial charge >= 0.3 is 48.8 Å². The number of nitrogens with zero attached hydrogens (tertiary/aromatic N) is 11. The van der Waals surface area contributed by atoms with Crippen LogP contribution in [0.1, 0.15) is 74.4 Å². The molecular formula is C49H64N17O29P4+. The number of hydrogen-bond acceptors (Lipinski definition) is 34. The highest BCUT2D eigenvalue weighted by molar-refractivity contribution is 7.48. The highest BCUT2D eigenvalue weighted by atomic mass is 31.2. The van der Waals surface area contributed by atoms with Gasteiger partial charge in [-0.15, -0.1) is 9.42 Å². The lowest BCUT2D eigenvalue weighted by Gasteiger charge is -2.25. The van der Waals surface area contributed by atoms with Crippen LogP contribution >= 0.6 is 31.7 Å². The smallest absolute Gasteiger partial charge is 0.394 e. The molecule has 5 aliphatic heterocycles. The minimum absolute atomic E-state index is 0.0291. The first kappa shape index (κ1) is 72.8. The number of aromatic nitrogens is 14. The topological polar surface area (TPSA) is 650 Å². The summed E-state index contributed by atoms with van der Waals surface area (Å²) in [4.78, 5) is 146. The van der Waals surface area contributed by atoms with Crippen LogP contribution in [0.15, 0.2) is 72.4 Å². The van der Waals surface area contributed by atoms with E-state index < -0.39 is 197 Å². The van der Waals surface area contributed by atoms with Crippen molar-refractivity contribution < 1.29 is 109 Å². The van der Waals surface area contributed by atoms with Crippen LogP contribution < -0.4 is 50.9 Å². The minimum Gasteiger partial charge on any atom is -0.394 e. The van der Waals surface area contributed by atoms with Crippen LogP contribution in [0.4, 0.5) is 17.6 Å². The zero-order chi connectivity index (χ0) is 71.2. The van der Waals surface area contributed by atoms with Crippen LogP contribution in [-0.4, -0.2) is 197 Å². The Balaban J connectivity index is 0.000000424. The molecule has 5 saturated heterocycles. The normalized spacial score (nSPS) is 29.0. The van der Waals surface area contributed by atoms with Gasteiger partial charge < -0.3 is 70.9 Å². The predicted molar refractivity (Wildman–Crippen MR) is 327 cm³/mol. The minimum atomic E-state index is -5.39. The Bertz CT molecular complexity index is 4680. The van der Waals surface area contributed by atoms with Crippen LogP contribution in [-0.2, 0) is 73.6 Å². The molecule has 12 heterocycles. The number of aryl methyl sites for hydroxylation is 2. The maximum atomic E-state index is 14.0. The number of hydrogen-bond donors (Lipinski definition) is 13. The van der Waals surface area contributed by atoms with Crippen LogP contribution in [0.3, 0.4) is 0 Å². The molecule has 0 saturated carbocycles. The van der Waals surface area contributed by atoms with Crippen LogP contribution in [0.5, 0.6) is 0 Å². The van der Waals surface area contributed by atoms with E-state index in [2.05, 4.69) is 49.4 Å². The van der Waals surface area contributed by atoms with Gasteiger partial charge in [-0.3, -0.25) is 79.3 Å². The van der Waals surface area contributed by atoms with Crippen molar-refractivity contribution in [2.75, 3.05) is 50.2 Å². The van der Waals surface area contributed by atoms with Gasteiger partial charge in [0.15, 0.2) is 22.6 Å². The lowest BCUT2D eigenvalue weighted by Crippen LogP contribution is -2.33. The maximum Gasteiger partial charge on any atom is 0.694 e. The van der Waals surface area contributed by atoms with Crippen molar-refractivity contribution >= 4 is 71.6 Å². The van der Waals surface area contributed by atoms with Crippen LogP contribution in [0.2, 0.25) is 0 Å². The van der Waals surface area contributed by atoms with E-state index in [1.54, 1.807) is 0 Å². The Morgan fingerprint density at radius 1 is 0.566 bits per heavy atom. The van der Waals surface area contributed by atoms with E-state index in [0.717, 1.165) is 21.7 Å². The third kappa shape index (κ3) is 16.8. The van der Waals surface area contributed by atoms with Crippen molar-refractivity contribution in [3.05, 3.63) is 117 Å². The van der Waals surface area contributed by atoms with E-state index in [9.17, 15) is 77.0 Å². The number of aromatic amines is 3. The van der Waals surface area contributed by atoms with E-state index in [0.29, 0.717) is 11.2 Å². The van der Waals surface area contributed by atoms with Gasteiger partial charge in [-0.25, -0.2) is 48.0 Å². The zero-order valence-electron chi connectivity index (χ0n) is 51.3. The Labute approximate surface area is 551 Å². The number of aliphatic hydroxyl groups excluding tert-OH is 3. The molecule has 0 amide bonds. The molecular weight excluding hydrogens is 1410 g/mol. The summed E-state index contributed by atoms with van der Waals surface area (Å²) in [5.74, 6) is -0.295. The highest BCUT2D eigenvalue weighted by Gasteiger charge is 2.49. The summed E-state index contributed by atoms with van der Waals surface area (Å²) in [5, 5.41) is 30.7. The molecule has 7 aromatic heterocycles. The Kier molecular flexibility index (Phi) is 21.8. The molecule has 0 bridgehead atoms. The Morgan fingerprint density at radius 2 is 1.01 bits per heavy atom. The van der Waals surface area contributed by atoms with Gasteiger partial charge in [0.05, 0.1) is 51.3 Å². The number of nitrogens with two attached hydrogens (primary N) is 3. The molecule has 5 aliphatic rings. The molecule has 50 heteroatoms. The Hall–Kier alpha value is -7.43. The number of nitrogens with one attached hydrogen (secondary N) is 3. The van der Waals surface area contributed by atoms with Gasteiger partial charge in [-0.2, -0.15) is 9.97 Å². The lowest BCUT2D eigenvalue weighted by atomic mass is 10.2. The van der Waals surface area contributed by atoms with Crippen molar-refractivity contribution in [1.29, 1.82) is 0 Å². The molecule has 7 aromatic rings. The summed E-state index contributed by atoms with van der Waals surface area (Å²) in [6.07, 6.45) is -12.0. The number of fused-ring (bicyclic) bond motifs is 2. The molecule has 4 unspecified atom stereocenters. The molecule has 5 fully saturated rings. The average molecular weight is 1480 g/mol. The standard InChI is InChI=1S/C39H50N15O22P3.C10H13N2O7P/c1-16-8-52(39(60)50-35(16)57)28-6-19(75-77(61,62)67-10-22-17(56)4-26(71-22)53-14-45-30-32(41)43-13-44-33(30)53)23(72-28)11-69-79(65,66)76-20-7-29(54-15-46-31-34(54)48-37(42)49-36(31)58)73-24(20)12-68-78(63,64)74-18-5-27(70-21(18)9-55)51-3-2-25(40)47-38(51)59;1-5-3-12(10(15)11-9(5)14)8-2-6(13)7(19-8)4-18-20(16)17/h2-3,8,13-15,17-24,26-29,55-56H,4-7,9-12H2,1H3,(H,61,62)(H,63,64)(H,65,66)(H2,40,47,59)(H2,41,43,44)(H,50,57,60)(H3,42,48,49,58);3,6-8,13H,2,4H2,1H3,(H-,11,14,15,16,17)/p+1/t17-,18-,19-,20-,21+,22+,23+,24+,26+,27+,28+,29+;6-,7+,8+/m00/s1. The molecule has 0 aromatic carbocycles. The number of rotatable bonds is 24. The van der Waals surface area contributed by atoms with E-state index in [4.69, 9.17) is 72.9 Å². The third-order valence-electron chi connectivity index (χ3n) is 16.0. The first-order valence-electron chi connectivity index (χ1n) is 29.5. The summed E-state index contributed by atoms with van der Waals surface area (Å²) < 4.78 is 123. The second-order valence-corrected chi connectivity index (χ2v) is 27.7. The van der Waals surface area contributed by atoms with E-state index >= 15 is 0 Å². The molecule has 0 aliphatic carbocycles. The van der Waals surface area contributed by atoms with Crippen LogP contribution in [0, 0.1) is 13.8 Å². The summed E-state index contributed by atoms with van der Waals surface area (Å²) >= 11 is 0. The molecule has 46 nitrogen and oxygen atoms in total. The molecule has 0 radical (unpaired) electrons. The summed E-state index contributed by atoms with van der Waals surface area (Å²) in [6.45, 7) is -0.675. The summed E-state index contributed by atoms with van der Waals surface area (Å²) in [7, 11) is -18.6. The molecule has 538 valence electrons. The van der Waals surface area contributed by atoms with Crippen molar-refractivity contribution in [2.24, 2.45) is 0 Å². The number of H-pyrrole nitrogens is 3. The van der Waals surface area contributed by atoms with Crippen molar-refractivity contribution in [3.8, 4) is 0 Å². The number of ether oxygens (including phenoxy) is 5. The van der Waals surface area contributed by atoms with E-state index in [1.165, 1.54) is 58.7 Å². The SMILES string of the molecule is Cc1cn([C@H]2C[C@H](O)[C@@H](CO[P+](=O)O)O2)c(=O)[nH]c1=O.Cc1cn([C@H]2C[C@H](OP(=O)(O)OC[C@H]3O[C@@H](n4cnc5c(N)ncnc54)C[C@@H]3O)[C@@H](COP(=O)(O)O[C@H]3C[C@H](n4cnc5c(=O)[nH]c(N)nc54)O[C@@H]3COP(=O)(O)O[C@H]3C[C@H](n4ccc(N)nc4=O)O[C@@H]3CO)O2)c(=O)[nH]c1=O. The fourth-order valence-electron chi connectivity index (χ4n) is 11.2. The van der Waals surface area contributed by atoms with Crippen molar-refractivity contribution in [1.82, 2.24) is 67.7 Å². The summed E-state index contributed by atoms with van der Waals surface area (Å²) in [6, 6.07) is 1.31. The number of imidazole rings is 2. The second kappa shape index (κ2) is 29.6. The third-order valence-corrected chi connectivity index (χ3v) is 19.4. The average Bonchev–Trinajstić information content (AvgIpc) is 1.66. The number of phosphoric ester groups is 3. The van der Waals surface area contributed by atoms with Crippen molar-refractivity contribution in [2.45, 2.75) is 138 Å². The predicted octanol–water partition coefficient (Wildman–Crippen LogP) is -3.01. The molecule has 19 atom stereocenters. The van der Waals surface area contributed by atoms with Gasteiger partial charge in [0.1, 0.15) is 104 Å². The first-order valence-corrected chi connectivity index (χ1v) is 35.1. The van der Waals surface area contributed by atoms with Gasteiger partial charge in [0.2, 0.25) is 5.95 Å². The van der Waals surface area contributed by atoms with Gasteiger partial charge in [-0.1, -0.05) is 0 Å². The number of phosphoric acid groups is 3. The quantitative estimate of drug-likeness (QED) is 0.0268. The van der Waals surface area contributed by atoms with E-state index in [1.807, 2.05) is 0 Å². The number of nitrogen functional groups attached to an aromatic ring is 3. The fraction of sp³-hybridized carbons (Fsp3) is 0.551. The molecule has 0 spiro atoms. The van der Waals surface area contributed by atoms with Crippen LogP contribution in [0.25, 0.3) is 22.3 Å². The van der Waals surface area contributed by atoms with Gasteiger partial charge in [-0.05, 0) is 19.9 Å². The second-order valence-electron chi connectivity index (χ2n) is 22.8. The largest absolute Gasteiger partial charge is 0.694 e. The zero-order valence-corrected chi connectivity index (χ0v) is 54.9. The van der Waals surface area contributed by atoms with Gasteiger partial charge in [0.25, 0.3) is 16.7 Å².